The van der Waals surface area contributed by atoms with Crippen molar-refractivity contribution in [3.05, 3.63) is 34.3 Å². The molecule has 0 unspecified atom stereocenters. The molecule has 1 N–H and O–H groups in total. The van der Waals surface area contributed by atoms with Gasteiger partial charge in [0.15, 0.2) is 0 Å². The highest BCUT2D eigenvalue weighted by atomic mass is 79.9. The lowest BCUT2D eigenvalue weighted by Crippen LogP contribution is -2.43. The number of nitrogens with one attached hydrogen (secondary N) is 1. The molecule has 4 nitrogen and oxygen atoms in total. The Bertz CT molecular complexity index is 525. The van der Waals surface area contributed by atoms with Gasteiger partial charge in [-0.05, 0) is 30.5 Å². The van der Waals surface area contributed by atoms with Crippen LogP contribution in [-0.4, -0.2) is 38.7 Å². The molecule has 0 bridgehead atoms. The van der Waals surface area contributed by atoms with Crippen molar-refractivity contribution in [2.24, 2.45) is 0 Å². The van der Waals surface area contributed by atoms with Gasteiger partial charge < -0.3 is 0 Å². The summed E-state index contributed by atoms with van der Waals surface area (Å²) < 4.78 is 26.1. The van der Waals surface area contributed by atoms with E-state index < -0.39 is 10.0 Å². The molecule has 1 aliphatic heterocycles. The predicted molar refractivity (Wildman–Crippen MR) is 80.4 cm³/mol. The van der Waals surface area contributed by atoms with E-state index in [9.17, 15) is 8.42 Å². The minimum atomic E-state index is -3.08. The van der Waals surface area contributed by atoms with Crippen molar-refractivity contribution in [1.82, 2.24) is 9.62 Å². The Kier molecular flexibility index (Phi) is 5.00. The summed E-state index contributed by atoms with van der Waals surface area (Å²) in [6, 6.07) is 8.39. The SMILES string of the molecule is CS(=O)(=O)NC1CCN(Cc2cccc(Br)c2)CC1. The third kappa shape index (κ3) is 5.22. The van der Waals surface area contributed by atoms with Crippen LogP contribution in [0.15, 0.2) is 28.7 Å². The fourth-order valence-electron chi connectivity index (χ4n) is 2.41. The summed E-state index contributed by atoms with van der Waals surface area (Å²) in [5.41, 5.74) is 1.28. The first kappa shape index (κ1) is 15.0. The summed E-state index contributed by atoms with van der Waals surface area (Å²) in [6.07, 6.45) is 2.98. The molecule has 1 aromatic carbocycles. The Morgan fingerprint density at radius 3 is 2.63 bits per heavy atom. The van der Waals surface area contributed by atoms with Gasteiger partial charge in [0.2, 0.25) is 10.0 Å². The average Bonchev–Trinajstić information content (AvgIpc) is 2.30. The van der Waals surface area contributed by atoms with Crippen LogP contribution in [0.5, 0.6) is 0 Å². The minimum absolute atomic E-state index is 0.0914. The number of benzene rings is 1. The molecule has 0 aromatic heterocycles. The summed E-state index contributed by atoms with van der Waals surface area (Å²) in [5.74, 6) is 0. The molecule has 0 atom stereocenters. The molecule has 0 spiro atoms. The summed E-state index contributed by atoms with van der Waals surface area (Å²) in [7, 11) is -3.08. The Balaban J connectivity index is 1.84. The number of rotatable bonds is 4. The molecule has 0 aliphatic carbocycles. The molecule has 1 aromatic rings. The van der Waals surface area contributed by atoms with Crippen molar-refractivity contribution in [3.63, 3.8) is 0 Å². The molecule has 6 heteroatoms. The number of likely N-dealkylation sites (tertiary alicyclic amines) is 1. The van der Waals surface area contributed by atoms with Gasteiger partial charge in [0.25, 0.3) is 0 Å². The Morgan fingerprint density at radius 1 is 1.37 bits per heavy atom. The average molecular weight is 347 g/mol. The van der Waals surface area contributed by atoms with Crippen molar-refractivity contribution in [3.8, 4) is 0 Å². The quantitative estimate of drug-likeness (QED) is 0.906. The molecular weight excluding hydrogens is 328 g/mol. The third-order valence-electron chi connectivity index (χ3n) is 3.26. The Morgan fingerprint density at radius 2 is 2.05 bits per heavy atom. The zero-order valence-corrected chi connectivity index (χ0v) is 13.4. The van der Waals surface area contributed by atoms with Gasteiger partial charge in [-0.25, -0.2) is 13.1 Å². The summed E-state index contributed by atoms with van der Waals surface area (Å²) in [5, 5.41) is 0. The van der Waals surface area contributed by atoms with E-state index >= 15 is 0 Å². The maximum atomic E-state index is 11.2. The molecule has 106 valence electrons. The van der Waals surface area contributed by atoms with Crippen molar-refractivity contribution in [1.29, 1.82) is 0 Å². The molecular formula is C13H19BrN2O2S. The molecule has 1 heterocycles. The number of hydrogen-bond acceptors (Lipinski definition) is 3. The van der Waals surface area contributed by atoms with Gasteiger partial charge >= 0.3 is 0 Å². The standard InChI is InChI=1S/C13H19BrN2O2S/c1-19(17,18)15-13-5-7-16(8-6-13)10-11-3-2-4-12(14)9-11/h2-4,9,13,15H,5-8,10H2,1H3. The van der Waals surface area contributed by atoms with E-state index in [1.807, 2.05) is 12.1 Å². The van der Waals surface area contributed by atoms with Gasteiger partial charge in [-0.3, -0.25) is 4.90 Å². The molecule has 1 fully saturated rings. The Labute approximate surface area is 123 Å². The maximum Gasteiger partial charge on any atom is 0.208 e. The summed E-state index contributed by atoms with van der Waals surface area (Å²) in [6.45, 7) is 2.78. The zero-order chi connectivity index (χ0) is 13.9. The van der Waals surface area contributed by atoms with Crippen LogP contribution in [0.3, 0.4) is 0 Å². The second-order valence-electron chi connectivity index (χ2n) is 5.07. The number of halogens is 1. The van der Waals surface area contributed by atoms with Gasteiger partial charge in [0.1, 0.15) is 0 Å². The predicted octanol–water partition coefficient (Wildman–Crippen LogP) is 1.96. The van der Waals surface area contributed by atoms with E-state index in [1.165, 1.54) is 11.8 Å². The number of nitrogens with zero attached hydrogens (tertiary/aromatic N) is 1. The van der Waals surface area contributed by atoms with Crippen LogP contribution in [0.1, 0.15) is 18.4 Å². The van der Waals surface area contributed by atoms with Crippen LogP contribution in [0.4, 0.5) is 0 Å². The van der Waals surface area contributed by atoms with Gasteiger partial charge in [-0.1, -0.05) is 28.1 Å². The van der Waals surface area contributed by atoms with Crippen LogP contribution in [-0.2, 0) is 16.6 Å². The molecule has 1 saturated heterocycles. The molecule has 2 rings (SSSR count). The van der Waals surface area contributed by atoms with Gasteiger partial charge in [0, 0.05) is 30.1 Å². The number of piperidine rings is 1. The normalized spacial score (nSPS) is 18.6. The van der Waals surface area contributed by atoms with Gasteiger partial charge in [-0.2, -0.15) is 0 Å². The first-order valence-corrected chi connectivity index (χ1v) is 9.05. The van der Waals surface area contributed by atoms with Gasteiger partial charge in [0.05, 0.1) is 6.26 Å². The van der Waals surface area contributed by atoms with Crippen LogP contribution >= 0.6 is 15.9 Å². The number of hydrogen-bond donors (Lipinski definition) is 1. The minimum Gasteiger partial charge on any atom is -0.299 e. The van der Waals surface area contributed by atoms with Crippen LogP contribution in [0, 0.1) is 0 Å². The van der Waals surface area contributed by atoms with E-state index in [2.05, 4.69) is 37.7 Å². The fraction of sp³-hybridized carbons (Fsp3) is 0.538. The first-order chi connectivity index (χ1) is 8.92. The monoisotopic (exact) mass is 346 g/mol. The van der Waals surface area contributed by atoms with Crippen LogP contribution in [0.25, 0.3) is 0 Å². The zero-order valence-electron chi connectivity index (χ0n) is 11.0. The van der Waals surface area contributed by atoms with E-state index in [-0.39, 0.29) is 6.04 Å². The van der Waals surface area contributed by atoms with E-state index in [4.69, 9.17) is 0 Å². The highest BCUT2D eigenvalue weighted by Gasteiger charge is 2.21. The second kappa shape index (κ2) is 6.35. The van der Waals surface area contributed by atoms with Crippen LogP contribution in [0.2, 0.25) is 0 Å². The molecule has 0 amide bonds. The molecule has 19 heavy (non-hydrogen) atoms. The van der Waals surface area contributed by atoms with E-state index in [1.54, 1.807) is 0 Å². The van der Waals surface area contributed by atoms with Crippen molar-refractivity contribution in [2.45, 2.75) is 25.4 Å². The van der Waals surface area contributed by atoms with Crippen molar-refractivity contribution in [2.75, 3.05) is 19.3 Å². The topological polar surface area (TPSA) is 49.4 Å². The maximum absolute atomic E-state index is 11.2. The second-order valence-corrected chi connectivity index (χ2v) is 7.77. The van der Waals surface area contributed by atoms with Crippen LogP contribution < -0.4 is 4.72 Å². The Hall–Kier alpha value is -0.430. The lowest BCUT2D eigenvalue weighted by atomic mass is 10.1. The smallest absolute Gasteiger partial charge is 0.208 e. The molecule has 1 aliphatic rings. The molecule has 0 saturated carbocycles. The van der Waals surface area contributed by atoms with Crippen molar-refractivity contribution >= 4 is 26.0 Å². The fourth-order valence-corrected chi connectivity index (χ4v) is 3.69. The van der Waals surface area contributed by atoms with Gasteiger partial charge in [-0.15, -0.1) is 0 Å². The lowest BCUT2D eigenvalue weighted by Gasteiger charge is -2.31. The van der Waals surface area contributed by atoms with E-state index in [0.717, 1.165) is 36.9 Å². The summed E-state index contributed by atoms with van der Waals surface area (Å²) in [4.78, 5) is 2.36. The highest BCUT2D eigenvalue weighted by molar-refractivity contribution is 9.10. The summed E-state index contributed by atoms with van der Waals surface area (Å²) >= 11 is 3.47. The number of sulfonamides is 1. The van der Waals surface area contributed by atoms with Crippen molar-refractivity contribution < 1.29 is 8.42 Å². The highest BCUT2D eigenvalue weighted by Crippen LogP contribution is 2.17. The van der Waals surface area contributed by atoms with E-state index in [0.29, 0.717) is 0 Å². The lowest BCUT2D eigenvalue weighted by molar-refractivity contribution is 0.200. The largest absolute Gasteiger partial charge is 0.299 e. The molecule has 0 radical (unpaired) electrons. The first-order valence-electron chi connectivity index (χ1n) is 6.36. The third-order valence-corrected chi connectivity index (χ3v) is 4.52.